The topological polar surface area (TPSA) is 78.9 Å². The van der Waals surface area contributed by atoms with Gasteiger partial charge in [-0.05, 0) is 19.3 Å². The van der Waals surface area contributed by atoms with Gasteiger partial charge in [-0.15, -0.1) is 0 Å². The van der Waals surface area contributed by atoms with Gasteiger partial charge in [-0.25, -0.2) is 0 Å². The summed E-state index contributed by atoms with van der Waals surface area (Å²) in [7, 11) is 0. The molecule has 6 nitrogen and oxygen atoms in total. The first-order chi connectivity index (χ1) is 29.5. The van der Waals surface area contributed by atoms with Crippen LogP contribution in [0.2, 0.25) is 0 Å². The monoisotopic (exact) mass is 849 g/mol. The molecule has 0 aliphatic carbocycles. The molecule has 356 valence electrons. The largest absolute Gasteiger partial charge is 0.462 e. The smallest absolute Gasteiger partial charge is 0.306 e. The molecular formula is C54H104O6. The second-order valence-corrected chi connectivity index (χ2v) is 18.5. The molecule has 0 rings (SSSR count). The molecule has 0 saturated heterocycles. The van der Waals surface area contributed by atoms with Crippen molar-refractivity contribution in [1.82, 2.24) is 0 Å². The van der Waals surface area contributed by atoms with Crippen LogP contribution >= 0.6 is 0 Å². The number of rotatable bonds is 50. The summed E-state index contributed by atoms with van der Waals surface area (Å²) in [6.07, 6.45) is 54.0. The lowest BCUT2D eigenvalue weighted by molar-refractivity contribution is -0.167. The third-order valence-electron chi connectivity index (χ3n) is 12.4. The van der Waals surface area contributed by atoms with Gasteiger partial charge in [0.1, 0.15) is 13.2 Å². The molecule has 0 aliphatic heterocycles. The Bertz CT molecular complexity index is 889. The minimum absolute atomic E-state index is 0.0625. The number of carbonyl (C=O) groups excluding carboxylic acids is 3. The van der Waals surface area contributed by atoms with Gasteiger partial charge in [0.15, 0.2) is 6.10 Å². The predicted molar refractivity (Wildman–Crippen MR) is 257 cm³/mol. The summed E-state index contributed by atoms with van der Waals surface area (Å²) in [4.78, 5) is 37.8. The first-order valence-electron chi connectivity index (χ1n) is 27.0. The lowest BCUT2D eigenvalue weighted by Crippen LogP contribution is -2.30. The van der Waals surface area contributed by atoms with Crippen LogP contribution in [0.1, 0.15) is 310 Å². The molecular weight excluding hydrogens is 745 g/mol. The highest BCUT2D eigenvalue weighted by molar-refractivity contribution is 5.71. The third kappa shape index (κ3) is 47.5. The maximum absolute atomic E-state index is 12.8. The second kappa shape index (κ2) is 50.1. The number of hydrogen-bond acceptors (Lipinski definition) is 6. The van der Waals surface area contributed by atoms with Crippen LogP contribution < -0.4 is 0 Å². The van der Waals surface area contributed by atoms with Gasteiger partial charge < -0.3 is 14.2 Å². The van der Waals surface area contributed by atoms with Gasteiger partial charge in [0.25, 0.3) is 0 Å². The molecule has 0 amide bonds. The van der Waals surface area contributed by atoms with E-state index in [4.69, 9.17) is 14.2 Å². The van der Waals surface area contributed by atoms with E-state index in [1.807, 2.05) is 0 Å². The zero-order chi connectivity index (χ0) is 43.7. The Balaban J connectivity index is 4.11. The van der Waals surface area contributed by atoms with Gasteiger partial charge in [0.2, 0.25) is 0 Å². The average Bonchev–Trinajstić information content (AvgIpc) is 3.24. The molecule has 0 aromatic carbocycles. The normalized spacial score (nSPS) is 11.8. The average molecular weight is 849 g/mol. The fourth-order valence-electron chi connectivity index (χ4n) is 8.27. The van der Waals surface area contributed by atoms with Crippen molar-refractivity contribution < 1.29 is 28.6 Å². The Morgan fingerprint density at radius 2 is 0.450 bits per heavy atom. The summed E-state index contributed by atoms with van der Waals surface area (Å²) in [6.45, 7) is 6.64. The lowest BCUT2D eigenvalue weighted by atomic mass is 10.0. The third-order valence-corrected chi connectivity index (χ3v) is 12.4. The maximum Gasteiger partial charge on any atom is 0.306 e. The fraction of sp³-hybridized carbons (Fsp3) is 0.944. The summed E-state index contributed by atoms with van der Waals surface area (Å²) < 4.78 is 16.7. The molecule has 0 fully saturated rings. The molecule has 0 N–H and O–H groups in total. The van der Waals surface area contributed by atoms with Gasteiger partial charge in [0.05, 0.1) is 0 Å². The summed E-state index contributed by atoms with van der Waals surface area (Å²) in [5.74, 6) is -0.850. The minimum Gasteiger partial charge on any atom is -0.462 e. The van der Waals surface area contributed by atoms with Crippen molar-refractivity contribution in [3.05, 3.63) is 0 Å². The molecule has 0 bridgehead atoms. The number of unbranched alkanes of at least 4 members (excludes halogenated alkanes) is 39. The van der Waals surface area contributed by atoms with Gasteiger partial charge in [-0.1, -0.05) is 271 Å². The number of ether oxygens (including phenoxy) is 3. The van der Waals surface area contributed by atoms with E-state index in [9.17, 15) is 14.4 Å². The van der Waals surface area contributed by atoms with Gasteiger partial charge in [0, 0.05) is 19.3 Å². The van der Waals surface area contributed by atoms with E-state index in [1.54, 1.807) is 0 Å². The Kier molecular flexibility index (Phi) is 48.7. The van der Waals surface area contributed by atoms with Gasteiger partial charge in [-0.3, -0.25) is 14.4 Å². The van der Waals surface area contributed by atoms with Crippen molar-refractivity contribution in [3.63, 3.8) is 0 Å². The summed E-state index contributed by atoms with van der Waals surface area (Å²) >= 11 is 0. The molecule has 0 aliphatic rings. The highest BCUT2D eigenvalue weighted by Gasteiger charge is 2.19. The number of carbonyl (C=O) groups is 3. The Labute approximate surface area is 374 Å². The molecule has 0 aromatic rings. The van der Waals surface area contributed by atoms with Crippen LogP contribution in [0.4, 0.5) is 0 Å². The summed E-state index contributed by atoms with van der Waals surface area (Å²) in [5.41, 5.74) is 0. The van der Waals surface area contributed by atoms with Crippen LogP contribution in [0.5, 0.6) is 0 Å². The lowest BCUT2D eigenvalue weighted by Gasteiger charge is -2.18. The van der Waals surface area contributed by atoms with E-state index < -0.39 is 6.10 Å². The van der Waals surface area contributed by atoms with Crippen molar-refractivity contribution >= 4 is 17.9 Å². The molecule has 0 aromatic heterocycles. The summed E-state index contributed by atoms with van der Waals surface area (Å²) in [6, 6.07) is 0. The molecule has 6 heteroatoms. The Hall–Kier alpha value is -1.59. The molecule has 0 heterocycles. The van der Waals surface area contributed by atoms with Crippen LogP contribution in [-0.4, -0.2) is 37.2 Å². The van der Waals surface area contributed by atoms with Crippen molar-refractivity contribution in [2.75, 3.05) is 13.2 Å². The standard InChI is InChI=1S/C54H104O6/c1-4-7-10-13-16-18-20-22-24-26-27-29-30-32-34-36-38-41-44-47-53(56)59-50-51(49-58-52(55)46-43-40-15-12-9-6-3)60-54(57)48-45-42-39-37-35-33-31-28-25-23-21-19-17-14-11-8-5-2/h51H,4-50H2,1-3H3. The minimum atomic E-state index is -0.758. The molecule has 1 unspecified atom stereocenters. The quantitative estimate of drug-likeness (QED) is 0.0345. The van der Waals surface area contributed by atoms with Crippen LogP contribution in [0.25, 0.3) is 0 Å². The SMILES string of the molecule is CCCCCCCCCCCCCCCCCCCCCC(=O)OCC(COC(=O)CCCCCCCC)OC(=O)CCCCCCCCCCCCCCCCCCC. The van der Waals surface area contributed by atoms with E-state index in [2.05, 4.69) is 20.8 Å². The van der Waals surface area contributed by atoms with Gasteiger partial charge in [-0.2, -0.15) is 0 Å². The fourth-order valence-corrected chi connectivity index (χ4v) is 8.27. The van der Waals surface area contributed by atoms with Crippen LogP contribution in [0, 0.1) is 0 Å². The van der Waals surface area contributed by atoms with Crippen LogP contribution in [-0.2, 0) is 28.6 Å². The zero-order valence-electron chi connectivity index (χ0n) is 40.8. The van der Waals surface area contributed by atoms with Crippen molar-refractivity contribution in [2.24, 2.45) is 0 Å². The second-order valence-electron chi connectivity index (χ2n) is 18.5. The van der Waals surface area contributed by atoms with E-state index in [0.29, 0.717) is 19.3 Å². The molecule has 0 radical (unpaired) electrons. The van der Waals surface area contributed by atoms with Crippen molar-refractivity contribution in [3.8, 4) is 0 Å². The van der Waals surface area contributed by atoms with Crippen molar-refractivity contribution in [2.45, 2.75) is 316 Å². The van der Waals surface area contributed by atoms with Crippen molar-refractivity contribution in [1.29, 1.82) is 0 Å². The summed E-state index contributed by atoms with van der Waals surface area (Å²) in [5, 5.41) is 0. The molecule has 0 spiro atoms. The van der Waals surface area contributed by atoms with Gasteiger partial charge >= 0.3 is 17.9 Å². The van der Waals surface area contributed by atoms with E-state index in [-0.39, 0.29) is 31.1 Å². The Morgan fingerprint density at radius 1 is 0.267 bits per heavy atom. The van der Waals surface area contributed by atoms with Crippen LogP contribution in [0.3, 0.4) is 0 Å². The first kappa shape index (κ1) is 58.4. The van der Waals surface area contributed by atoms with E-state index in [1.165, 1.54) is 212 Å². The highest BCUT2D eigenvalue weighted by Crippen LogP contribution is 2.17. The number of esters is 3. The van der Waals surface area contributed by atoms with E-state index in [0.717, 1.165) is 57.8 Å². The molecule has 1 atom stereocenters. The Morgan fingerprint density at radius 3 is 0.667 bits per heavy atom. The maximum atomic E-state index is 12.8. The molecule has 60 heavy (non-hydrogen) atoms. The van der Waals surface area contributed by atoms with E-state index >= 15 is 0 Å². The van der Waals surface area contributed by atoms with Crippen LogP contribution in [0.15, 0.2) is 0 Å². The zero-order valence-corrected chi connectivity index (χ0v) is 40.8. The number of hydrogen-bond donors (Lipinski definition) is 0. The first-order valence-corrected chi connectivity index (χ1v) is 27.0. The molecule has 0 saturated carbocycles. The predicted octanol–water partition coefficient (Wildman–Crippen LogP) is 17.6. The highest BCUT2D eigenvalue weighted by atomic mass is 16.6.